The van der Waals surface area contributed by atoms with E-state index in [4.69, 9.17) is 4.42 Å². The normalized spacial score (nSPS) is 17.2. The maximum Gasteiger partial charge on any atom is 0.294 e. The maximum absolute atomic E-state index is 12.7. The molecule has 1 unspecified atom stereocenters. The second-order valence-electron chi connectivity index (χ2n) is 6.73. The van der Waals surface area contributed by atoms with Crippen molar-refractivity contribution < 1.29 is 9.21 Å². The molecule has 1 amide bonds. The molecule has 140 valence electrons. The van der Waals surface area contributed by atoms with Crippen LogP contribution >= 0.6 is 0 Å². The molecule has 1 atom stereocenters. The minimum atomic E-state index is -0.196. The van der Waals surface area contributed by atoms with Crippen LogP contribution in [0.4, 0.5) is 5.82 Å². The minimum Gasteiger partial charge on any atom is -0.467 e. The number of hydrogen-bond donors (Lipinski definition) is 1. The van der Waals surface area contributed by atoms with Gasteiger partial charge in [0.1, 0.15) is 11.3 Å². The van der Waals surface area contributed by atoms with Crippen LogP contribution in [-0.4, -0.2) is 33.5 Å². The number of hydrogen-bond acceptors (Lipinski definition) is 6. The highest BCUT2D eigenvalue weighted by atomic mass is 16.3. The Morgan fingerprint density at radius 3 is 3.07 bits per heavy atom. The molecule has 0 aromatic carbocycles. The number of nitrogens with zero attached hydrogens (tertiary/aromatic N) is 4. The molecule has 1 N–H and O–H groups in total. The SMILES string of the molecule is Cn1c(=O)c(N2CCCC(C(=O)NCc3ccco3)C2)nc2cccnc21. The van der Waals surface area contributed by atoms with Crippen molar-refractivity contribution in [3.63, 3.8) is 0 Å². The molecule has 0 spiro atoms. The Labute approximate surface area is 155 Å². The summed E-state index contributed by atoms with van der Waals surface area (Å²) in [4.78, 5) is 36.0. The van der Waals surface area contributed by atoms with Crippen molar-refractivity contribution in [2.24, 2.45) is 13.0 Å². The van der Waals surface area contributed by atoms with Crippen LogP contribution in [0.15, 0.2) is 45.9 Å². The summed E-state index contributed by atoms with van der Waals surface area (Å²) in [7, 11) is 1.69. The first-order valence-electron chi connectivity index (χ1n) is 9.00. The summed E-state index contributed by atoms with van der Waals surface area (Å²) in [5.74, 6) is 0.871. The average Bonchev–Trinajstić information content (AvgIpc) is 3.22. The smallest absolute Gasteiger partial charge is 0.294 e. The molecule has 4 heterocycles. The van der Waals surface area contributed by atoms with Gasteiger partial charge in [-0.05, 0) is 37.1 Å². The summed E-state index contributed by atoms with van der Waals surface area (Å²) in [5.41, 5.74) is 1.02. The second-order valence-corrected chi connectivity index (χ2v) is 6.73. The summed E-state index contributed by atoms with van der Waals surface area (Å²) in [6, 6.07) is 7.25. The van der Waals surface area contributed by atoms with Crippen molar-refractivity contribution in [1.82, 2.24) is 19.9 Å². The molecule has 8 nitrogen and oxygen atoms in total. The van der Waals surface area contributed by atoms with Gasteiger partial charge in [0.2, 0.25) is 5.91 Å². The lowest BCUT2D eigenvalue weighted by Crippen LogP contribution is -2.45. The van der Waals surface area contributed by atoms with Crippen LogP contribution in [0.5, 0.6) is 0 Å². The van der Waals surface area contributed by atoms with Gasteiger partial charge in [0.05, 0.1) is 18.7 Å². The lowest BCUT2D eigenvalue weighted by Gasteiger charge is -2.32. The van der Waals surface area contributed by atoms with E-state index in [0.717, 1.165) is 12.8 Å². The summed E-state index contributed by atoms with van der Waals surface area (Å²) in [6.45, 7) is 1.54. The Balaban J connectivity index is 1.53. The van der Waals surface area contributed by atoms with Gasteiger partial charge in [0, 0.05) is 26.3 Å². The van der Waals surface area contributed by atoms with E-state index in [2.05, 4.69) is 15.3 Å². The van der Waals surface area contributed by atoms with Crippen LogP contribution in [0.2, 0.25) is 0 Å². The van der Waals surface area contributed by atoms with Gasteiger partial charge in [-0.3, -0.25) is 14.2 Å². The van der Waals surface area contributed by atoms with Crippen molar-refractivity contribution in [3.8, 4) is 0 Å². The fourth-order valence-corrected chi connectivity index (χ4v) is 3.46. The van der Waals surface area contributed by atoms with Crippen LogP contribution in [0, 0.1) is 5.92 Å². The van der Waals surface area contributed by atoms with E-state index >= 15 is 0 Å². The fourth-order valence-electron chi connectivity index (χ4n) is 3.46. The quantitative estimate of drug-likeness (QED) is 0.750. The van der Waals surface area contributed by atoms with Crippen molar-refractivity contribution in [2.75, 3.05) is 18.0 Å². The standard InChI is InChI=1S/C19H21N5O3/c1-23-16-15(7-2-8-20-16)22-17(19(23)26)24-9-3-5-13(12-24)18(25)21-11-14-6-4-10-27-14/h2,4,6-8,10,13H,3,5,9,11-12H2,1H3,(H,21,25). The highest BCUT2D eigenvalue weighted by molar-refractivity contribution is 5.79. The zero-order valence-corrected chi connectivity index (χ0v) is 15.1. The molecule has 8 heteroatoms. The first-order chi connectivity index (χ1) is 13.1. The topological polar surface area (TPSA) is 93.3 Å². The first-order valence-corrected chi connectivity index (χ1v) is 9.00. The third-order valence-electron chi connectivity index (χ3n) is 4.91. The van der Waals surface area contributed by atoms with Gasteiger partial charge in [-0.25, -0.2) is 9.97 Å². The third-order valence-corrected chi connectivity index (χ3v) is 4.91. The summed E-state index contributed by atoms with van der Waals surface area (Å²) in [5, 5.41) is 2.91. The molecule has 0 bridgehead atoms. The van der Waals surface area contributed by atoms with Gasteiger partial charge in [-0.2, -0.15) is 0 Å². The molecule has 0 saturated carbocycles. The fraction of sp³-hybridized carbons (Fsp3) is 0.368. The van der Waals surface area contributed by atoms with E-state index in [1.807, 2.05) is 17.0 Å². The number of anilines is 1. The van der Waals surface area contributed by atoms with Crippen LogP contribution in [0.1, 0.15) is 18.6 Å². The maximum atomic E-state index is 12.7. The Morgan fingerprint density at radius 2 is 2.26 bits per heavy atom. The molecule has 1 fully saturated rings. The Kier molecular flexibility index (Phi) is 4.62. The lowest BCUT2D eigenvalue weighted by atomic mass is 9.97. The van der Waals surface area contributed by atoms with E-state index in [1.54, 1.807) is 31.6 Å². The molecule has 3 aromatic rings. The third kappa shape index (κ3) is 3.42. The van der Waals surface area contributed by atoms with Crippen molar-refractivity contribution in [3.05, 3.63) is 52.8 Å². The minimum absolute atomic E-state index is 0.0321. The van der Waals surface area contributed by atoms with E-state index in [1.165, 1.54) is 4.57 Å². The average molecular weight is 367 g/mol. The molecule has 0 radical (unpaired) electrons. The second kappa shape index (κ2) is 7.22. The van der Waals surface area contributed by atoms with Crippen LogP contribution in [0.25, 0.3) is 11.2 Å². The van der Waals surface area contributed by atoms with Crippen molar-refractivity contribution in [2.45, 2.75) is 19.4 Å². The Hall–Kier alpha value is -3.16. The summed E-state index contributed by atoms with van der Waals surface area (Å²) < 4.78 is 6.76. The molecular formula is C19H21N5O3. The van der Waals surface area contributed by atoms with Crippen LogP contribution in [0.3, 0.4) is 0 Å². The zero-order valence-electron chi connectivity index (χ0n) is 15.1. The van der Waals surface area contributed by atoms with Crippen LogP contribution < -0.4 is 15.8 Å². The lowest BCUT2D eigenvalue weighted by molar-refractivity contribution is -0.125. The van der Waals surface area contributed by atoms with E-state index in [0.29, 0.717) is 42.4 Å². The van der Waals surface area contributed by atoms with Gasteiger partial charge in [0.15, 0.2) is 11.5 Å². The van der Waals surface area contributed by atoms with Gasteiger partial charge in [0.25, 0.3) is 5.56 Å². The number of carbonyl (C=O) groups is 1. The number of aryl methyl sites for hydroxylation is 1. The monoisotopic (exact) mass is 367 g/mol. The number of rotatable bonds is 4. The number of pyridine rings is 1. The van der Waals surface area contributed by atoms with Crippen molar-refractivity contribution in [1.29, 1.82) is 0 Å². The van der Waals surface area contributed by atoms with Crippen molar-refractivity contribution >= 4 is 22.9 Å². The Bertz CT molecular complexity index is 1010. The highest BCUT2D eigenvalue weighted by Gasteiger charge is 2.28. The number of fused-ring (bicyclic) bond motifs is 1. The van der Waals surface area contributed by atoms with E-state index < -0.39 is 0 Å². The predicted octanol–water partition coefficient (Wildman–Crippen LogP) is 1.45. The van der Waals surface area contributed by atoms with E-state index in [9.17, 15) is 9.59 Å². The largest absolute Gasteiger partial charge is 0.467 e. The Morgan fingerprint density at radius 1 is 1.37 bits per heavy atom. The number of aromatic nitrogens is 3. The van der Waals surface area contributed by atoms with E-state index in [-0.39, 0.29) is 17.4 Å². The summed E-state index contributed by atoms with van der Waals surface area (Å²) >= 11 is 0. The molecule has 1 aliphatic heterocycles. The molecule has 1 saturated heterocycles. The zero-order chi connectivity index (χ0) is 18.8. The van der Waals surface area contributed by atoms with Gasteiger partial charge < -0.3 is 14.6 Å². The molecule has 27 heavy (non-hydrogen) atoms. The number of piperidine rings is 1. The number of amides is 1. The molecule has 0 aliphatic carbocycles. The first kappa shape index (κ1) is 17.3. The molecule has 1 aliphatic rings. The molecule has 3 aromatic heterocycles. The molecule has 4 rings (SSSR count). The van der Waals surface area contributed by atoms with Crippen LogP contribution in [-0.2, 0) is 18.4 Å². The predicted molar refractivity (Wildman–Crippen MR) is 100 cm³/mol. The highest BCUT2D eigenvalue weighted by Crippen LogP contribution is 2.21. The van der Waals surface area contributed by atoms with Gasteiger partial charge >= 0.3 is 0 Å². The summed E-state index contributed by atoms with van der Waals surface area (Å²) in [6.07, 6.45) is 4.84. The van der Waals surface area contributed by atoms with Gasteiger partial charge in [-0.1, -0.05) is 0 Å². The number of carbonyl (C=O) groups excluding carboxylic acids is 1. The number of furan rings is 1. The molecular weight excluding hydrogens is 346 g/mol. The van der Waals surface area contributed by atoms with Gasteiger partial charge in [-0.15, -0.1) is 0 Å². The number of nitrogens with one attached hydrogen (secondary N) is 1.